The Morgan fingerprint density at radius 3 is 2.71 bits per heavy atom. The summed E-state index contributed by atoms with van der Waals surface area (Å²) in [4.78, 5) is 11.8. The third-order valence-electron chi connectivity index (χ3n) is 3.71. The van der Waals surface area contributed by atoms with Gasteiger partial charge in [-0.25, -0.2) is 0 Å². The van der Waals surface area contributed by atoms with E-state index in [1.165, 1.54) is 5.39 Å². The maximum absolute atomic E-state index is 11.8. The maximum atomic E-state index is 11.8. The molecule has 0 radical (unpaired) electrons. The predicted octanol–water partition coefficient (Wildman–Crippen LogP) is 3.53. The standard InChI is InChI=1S/C19H26N2O2.ClH/c1-3-20-15(2)14-21-19(22)12-7-13-23-18-11-6-9-16-8-4-5-10-17(16)18;/h4-6,8-11,15,20H,3,7,12-14H2,1-2H3,(H,21,22);1H/t15-;/m1./s1. The van der Waals surface area contributed by atoms with Crippen molar-refractivity contribution in [3.63, 3.8) is 0 Å². The minimum absolute atomic E-state index is 0. The molecule has 2 N–H and O–H groups in total. The van der Waals surface area contributed by atoms with Gasteiger partial charge in [-0.2, -0.15) is 0 Å². The van der Waals surface area contributed by atoms with Crippen LogP contribution >= 0.6 is 12.4 Å². The Hall–Kier alpha value is -1.78. The largest absolute Gasteiger partial charge is 0.493 e. The molecule has 0 aliphatic carbocycles. The Morgan fingerprint density at radius 2 is 1.92 bits per heavy atom. The molecule has 2 aromatic carbocycles. The molecule has 0 saturated heterocycles. The van der Waals surface area contributed by atoms with Crippen LogP contribution < -0.4 is 15.4 Å². The number of carbonyl (C=O) groups excluding carboxylic acids is 1. The fourth-order valence-corrected chi connectivity index (χ4v) is 2.51. The summed E-state index contributed by atoms with van der Waals surface area (Å²) in [5.41, 5.74) is 0. The minimum Gasteiger partial charge on any atom is -0.493 e. The van der Waals surface area contributed by atoms with Crippen LogP contribution in [0.1, 0.15) is 26.7 Å². The second-order valence-electron chi connectivity index (χ2n) is 5.69. The molecule has 0 aliphatic rings. The quantitative estimate of drug-likeness (QED) is 0.680. The third kappa shape index (κ3) is 6.38. The molecule has 0 unspecified atom stereocenters. The van der Waals surface area contributed by atoms with Gasteiger partial charge in [0, 0.05) is 24.4 Å². The summed E-state index contributed by atoms with van der Waals surface area (Å²) in [5, 5.41) is 8.48. The Kier molecular flexibility index (Phi) is 9.20. The molecule has 0 saturated carbocycles. The highest BCUT2D eigenvalue weighted by Crippen LogP contribution is 2.25. The second kappa shape index (κ2) is 10.9. The fraction of sp³-hybridized carbons (Fsp3) is 0.421. The van der Waals surface area contributed by atoms with Crippen LogP contribution in [0.3, 0.4) is 0 Å². The molecule has 1 atom stereocenters. The first kappa shape index (κ1) is 20.3. The Balaban J connectivity index is 0.00000288. The van der Waals surface area contributed by atoms with Crippen LogP contribution in [0.25, 0.3) is 10.8 Å². The van der Waals surface area contributed by atoms with E-state index in [2.05, 4.69) is 42.7 Å². The van der Waals surface area contributed by atoms with Crippen LogP contribution in [0.4, 0.5) is 0 Å². The first-order valence-electron chi connectivity index (χ1n) is 8.31. The van der Waals surface area contributed by atoms with E-state index in [1.54, 1.807) is 0 Å². The van der Waals surface area contributed by atoms with E-state index in [4.69, 9.17) is 4.74 Å². The van der Waals surface area contributed by atoms with Gasteiger partial charge in [-0.15, -0.1) is 12.4 Å². The molecule has 1 amide bonds. The molecule has 0 spiro atoms. The van der Waals surface area contributed by atoms with Crippen molar-refractivity contribution in [3.8, 4) is 5.75 Å². The van der Waals surface area contributed by atoms with Gasteiger partial charge in [0.2, 0.25) is 5.91 Å². The van der Waals surface area contributed by atoms with Crippen molar-refractivity contribution in [1.82, 2.24) is 10.6 Å². The average molecular weight is 351 g/mol. The second-order valence-corrected chi connectivity index (χ2v) is 5.69. The molecule has 0 fully saturated rings. The Bertz CT molecular complexity index is 628. The van der Waals surface area contributed by atoms with Crippen molar-refractivity contribution in [3.05, 3.63) is 42.5 Å². The van der Waals surface area contributed by atoms with E-state index < -0.39 is 0 Å². The number of hydrogen-bond donors (Lipinski definition) is 2. The number of benzene rings is 2. The minimum atomic E-state index is 0. The van der Waals surface area contributed by atoms with Crippen LogP contribution in [0.2, 0.25) is 0 Å². The molecule has 0 aliphatic heterocycles. The first-order chi connectivity index (χ1) is 11.2. The van der Waals surface area contributed by atoms with Crippen LogP contribution in [-0.4, -0.2) is 31.6 Å². The Labute approximate surface area is 150 Å². The molecule has 5 heteroatoms. The van der Waals surface area contributed by atoms with Crippen molar-refractivity contribution < 1.29 is 9.53 Å². The van der Waals surface area contributed by atoms with Crippen LogP contribution in [0.5, 0.6) is 5.75 Å². The highest BCUT2D eigenvalue weighted by Gasteiger charge is 2.05. The summed E-state index contributed by atoms with van der Waals surface area (Å²) < 4.78 is 5.84. The van der Waals surface area contributed by atoms with Crippen LogP contribution in [0.15, 0.2) is 42.5 Å². The molecule has 0 bridgehead atoms. The van der Waals surface area contributed by atoms with E-state index in [1.807, 2.05) is 24.3 Å². The zero-order chi connectivity index (χ0) is 16.5. The number of ether oxygens (including phenoxy) is 1. The highest BCUT2D eigenvalue weighted by atomic mass is 35.5. The fourth-order valence-electron chi connectivity index (χ4n) is 2.51. The lowest BCUT2D eigenvalue weighted by molar-refractivity contribution is -0.121. The lowest BCUT2D eigenvalue weighted by Gasteiger charge is -2.13. The van der Waals surface area contributed by atoms with Gasteiger partial charge in [-0.3, -0.25) is 4.79 Å². The summed E-state index contributed by atoms with van der Waals surface area (Å²) >= 11 is 0. The molecular weight excluding hydrogens is 324 g/mol. The molecule has 2 aromatic rings. The van der Waals surface area contributed by atoms with Crippen molar-refractivity contribution >= 4 is 29.1 Å². The maximum Gasteiger partial charge on any atom is 0.220 e. The smallest absolute Gasteiger partial charge is 0.220 e. The van der Waals surface area contributed by atoms with E-state index >= 15 is 0 Å². The molecule has 24 heavy (non-hydrogen) atoms. The number of halogens is 1. The van der Waals surface area contributed by atoms with Gasteiger partial charge in [-0.05, 0) is 31.3 Å². The topological polar surface area (TPSA) is 50.4 Å². The summed E-state index contributed by atoms with van der Waals surface area (Å²) in [5.74, 6) is 0.959. The molecule has 2 rings (SSSR count). The highest BCUT2D eigenvalue weighted by molar-refractivity contribution is 5.88. The number of amides is 1. The molecule has 0 aromatic heterocycles. The SMILES string of the molecule is CCN[C@H](C)CNC(=O)CCCOc1cccc2ccccc12.Cl. The number of fused-ring (bicyclic) bond motifs is 1. The number of rotatable bonds is 9. The number of nitrogens with one attached hydrogen (secondary N) is 2. The van der Waals surface area contributed by atoms with Gasteiger partial charge in [0.15, 0.2) is 0 Å². The van der Waals surface area contributed by atoms with E-state index in [0.29, 0.717) is 32.0 Å². The van der Waals surface area contributed by atoms with Crippen molar-refractivity contribution in [2.75, 3.05) is 19.7 Å². The van der Waals surface area contributed by atoms with Gasteiger partial charge < -0.3 is 15.4 Å². The summed E-state index contributed by atoms with van der Waals surface area (Å²) in [6.07, 6.45) is 1.20. The summed E-state index contributed by atoms with van der Waals surface area (Å²) in [6, 6.07) is 14.5. The summed E-state index contributed by atoms with van der Waals surface area (Å²) in [7, 11) is 0. The third-order valence-corrected chi connectivity index (χ3v) is 3.71. The van der Waals surface area contributed by atoms with E-state index in [-0.39, 0.29) is 18.3 Å². The molecule has 132 valence electrons. The van der Waals surface area contributed by atoms with E-state index in [0.717, 1.165) is 17.7 Å². The predicted molar refractivity (Wildman–Crippen MR) is 102 cm³/mol. The zero-order valence-electron chi connectivity index (χ0n) is 14.4. The van der Waals surface area contributed by atoms with Gasteiger partial charge >= 0.3 is 0 Å². The van der Waals surface area contributed by atoms with Crippen LogP contribution in [-0.2, 0) is 4.79 Å². The Morgan fingerprint density at radius 1 is 1.17 bits per heavy atom. The average Bonchev–Trinajstić information content (AvgIpc) is 2.57. The van der Waals surface area contributed by atoms with Crippen molar-refractivity contribution in [2.45, 2.75) is 32.7 Å². The van der Waals surface area contributed by atoms with Crippen molar-refractivity contribution in [2.24, 2.45) is 0 Å². The number of carbonyl (C=O) groups is 1. The van der Waals surface area contributed by atoms with Crippen molar-refractivity contribution in [1.29, 1.82) is 0 Å². The first-order valence-corrected chi connectivity index (χ1v) is 8.31. The monoisotopic (exact) mass is 350 g/mol. The lowest BCUT2D eigenvalue weighted by Crippen LogP contribution is -2.38. The molecule has 4 nitrogen and oxygen atoms in total. The molecule has 0 heterocycles. The zero-order valence-corrected chi connectivity index (χ0v) is 15.2. The lowest BCUT2D eigenvalue weighted by atomic mass is 10.1. The number of hydrogen-bond acceptors (Lipinski definition) is 3. The summed E-state index contributed by atoms with van der Waals surface area (Å²) in [6.45, 7) is 6.24. The van der Waals surface area contributed by atoms with E-state index in [9.17, 15) is 4.79 Å². The number of likely N-dealkylation sites (N-methyl/N-ethyl adjacent to an activating group) is 1. The van der Waals surface area contributed by atoms with Gasteiger partial charge in [0.25, 0.3) is 0 Å². The van der Waals surface area contributed by atoms with Crippen LogP contribution in [0, 0.1) is 0 Å². The van der Waals surface area contributed by atoms with Gasteiger partial charge in [-0.1, -0.05) is 43.3 Å². The van der Waals surface area contributed by atoms with Gasteiger partial charge in [0.05, 0.1) is 6.61 Å². The normalized spacial score (nSPS) is 11.6. The van der Waals surface area contributed by atoms with Gasteiger partial charge in [0.1, 0.15) is 5.75 Å². The molecular formula is C19H27ClN2O2.